The first kappa shape index (κ1) is 15.6. The lowest BCUT2D eigenvalue weighted by Crippen LogP contribution is -2.04. The summed E-state index contributed by atoms with van der Waals surface area (Å²) in [5.41, 5.74) is 0. The van der Waals surface area contributed by atoms with E-state index in [0.717, 1.165) is 10.2 Å². The van der Waals surface area contributed by atoms with E-state index in [1.54, 1.807) is 11.3 Å². The Labute approximate surface area is 113 Å². The van der Waals surface area contributed by atoms with Crippen LogP contribution in [0.3, 0.4) is 0 Å². The first-order valence-corrected chi connectivity index (χ1v) is 7.97. The predicted molar refractivity (Wildman–Crippen MR) is 74.5 cm³/mol. The van der Waals surface area contributed by atoms with Crippen LogP contribution in [0.15, 0.2) is 11.4 Å². The summed E-state index contributed by atoms with van der Waals surface area (Å²) in [5, 5.41) is 3.13. The zero-order chi connectivity index (χ0) is 13.4. The normalized spacial score (nSPS) is 10.9. The van der Waals surface area contributed by atoms with Crippen LogP contribution in [0.1, 0.15) is 25.1 Å². The highest BCUT2D eigenvalue weighted by Gasteiger charge is 2.15. The molecular weight excluding hydrogens is 271 g/mol. The van der Waals surface area contributed by atoms with E-state index in [4.69, 9.17) is 9.05 Å². The number of thiophene rings is 1. The van der Waals surface area contributed by atoms with Crippen molar-refractivity contribution in [1.82, 2.24) is 0 Å². The summed E-state index contributed by atoms with van der Waals surface area (Å²) in [5.74, 6) is -0.179. The highest BCUT2D eigenvalue weighted by Crippen LogP contribution is 2.38. The molecule has 0 aliphatic heterocycles. The summed E-state index contributed by atoms with van der Waals surface area (Å²) in [6.45, 7) is 5.19. The summed E-state index contributed by atoms with van der Waals surface area (Å²) >= 11 is 1.63. The maximum absolute atomic E-state index is 11.1. The smallest absolute Gasteiger partial charge is 0.305 e. The second kappa shape index (κ2) is 8.59. The van der Waals surface area contributed by atoms with Gasteiger partial charge in [0.25, 0.3) is 0 Å². The zero-order valence-electron chi connectivity index (χ0n) is 11.0. The molecule has 4 nitrogen and oxygen atoms in total. The second-order valence-corrected chi connectivity index (χ2v) is 5.98. The summed E-state index contributed by atoms with van der Waals surface area (Å²) in [7, 11) is 0.438. The Morgan fingerprint density at radius 3 is 2.56 bits per heavy atom. The number of aryl methyl sites for hydroxylation is 1. The molecule has 0 atom stereocenters. The molecule has 1 rings (SSSR count). The van der Waals surface area contributed by atoms with Crippen molar-refractivity contribution in [1.29, 1.82) is 0 Å². The molecule has 0 bridgehead atoms. The van der Waals surface area contributed by atoms with E-state index in [-0.39, 0.29) is 5.97 Å². The second-order valence-electron chi connectivity index (χ2n) is 3.44. The van der Waals surface area contributed by atoms with Gasteiger partial charge in [0.1, 0.15) is 0 Å². The van der Waals surface area contributed by atoms with Crippen LogP contribution in [-0.2, 0) is 25.0 Å². The van der Waals surface area contributed by atoms with Gasteiger partial charge >= 0.3 is 5.97 Å². The van der Waals surface area contributed by atoms with Gasteiger partial charge in [-0.3, -0.25) is 4.79 Å². The number of carbonyl (C=O) groups excluding carboxylic acids is 1. The molecule has 1 aromatic rings. The van der Waals surface area contributed by atoms with Gasteiger partial charge in [0.05, 0.1) is 26.7 Å². The highest BCUT2D eigenvalue weighted by atomic mass is 32.1. The molecule has 1 aromatic heterocycles. The minimum Gasteiger partial charge on any atom is -0.469 e. The van der Waals surface area contributed by atoms with Gasteiger partial charge in [-0.1, -0.05) is 0 Å². The van der Waals surface area contributed by atoms with Crippen molar-refractivity contribution in [3.63, 3.8) is 0 Å². The number of ether oxygens (including phenoxy) is 1. The van der Waals surface area contributed by atoms with Crippen LogP contribution in [0.2, 0.25) is 0 Å². The average Bonchev–Trinajstić information content (AvgIpc) is 2.84. The van der Waals surface area contributed by atoms with Crippen molar-refractivity contribution in [3.05, 3.63) is 16.3 Å². The molecule has 0 amide bonds. The van der Waals surface area contributed by atoms with Gasteiger partial charge in [-0.15, -0.1) is 11.3 Å². The van der Waals surface area contributed by atoms with Gasteiger partial charge < -0.3 is 13.8 Å². The molecule has 6 heteroatoms. The minimum absolute atomic E-state index is 0.179. The first-order chi connectivity index (χ1) is 8.71. The molecule has 0 unspecified atom stereocenters. The van der Waals surface area contributed by atoms with Gasteiger partial charge in [0.15, 0.2) is 0 Å². The lowest BCUT2D eigenvalue weighted by molar-refractivity contribution is -0.140. The van der Waals surface area contributed by atoms with Crippen molar-refractivity contribution in [2.75, 3.05) is 20.3 Å². The highest BCUT2D eigenvalue weighted by molar-refractivity contribution is 7.56. The Morgan fingerprint density at radius 1 is 1.33 bits per heavy atom. The van der Waals surface area contributed by atoms with Crippen molar-refractivity contribution in [2.24, 2.45) is 0 Å². The molecule has 0 saturated heterocycles. The van der Waals surface area contributed by atoms with Crippen molar-refractivity contribution < 1.29 is 18.6 Å². The quantitative estimate of drug-likeness (QED) is 0.545. The molecule has 0 N–H and O–H groups in total. The molecule has 0 aromatic carbocycles. The molecular formula is C12H19O4PS. The van der Waals surface area contributed by atoms with E-state index < -0.39 is 8.38 Å². The monoisotopic (exact) mass is 290 g/mol. The van der Waals surface area contributed by atoms with Crippen molar-refractivity contribution in [3.8, 4) is 0 Å². The number of esters is 1. The van der Waals surface area contributed by atoms with Gasteiger partial charge in [0, 0.05) is 15.6 Å². The van der Waals surface area contributed by atoms with Gasteiger partial charge in [-0.25, -0.2) is 0 Å². The average molecular weight is 290 g/mol. The summed E-state index contributed by atoms with van der Waals surface area (Å²) in [6.07, 6.45) is 1.12. The van der Waals surface area contributed by atoms with Crippen LogP contribution in [0.4, 0.5) is 0 Å². The van der Waals surface area contributed by atoms with E-state index in [2.05, 4.69) is 10.8 Å². The fourth-order valence-corrected chi connectivity index (χ4v) is 3.79. The molecule has 1 heterocycles. The predicted octanol–water partition coefficient (Wildman–Crippen LogP) is 2.86. The molecule has 0 aliphatic carbocycles. The molecule has 18 heavy (non-hydrogen) atoms. The van der Waals surface area contributed by atoms with Crippen LogP contribution in [0, 0.1) is 0 Å². The first-order valence-electron chi connectivity index (χ1n) is 5.91. The Hall–Kier alpha value is -0.480. The van der Waals surface area contributed by atoms with E-state index in [1.165, 1.54) is 7.11 Å². The number of methoxy groups -OCH3 is 1. The number of carbonyl (C=O) groups is 1. The SMILES string of the molecule is CCOP(OCC)c1csc(CCC(=O)OC)c1. The topological polar surface area (TPSA) is 44.8 Å². The lowest BCUT2D eigenvalue weighted by atomic mass is 10.3. The van der Waals surface area contributed by atoms with E-state index in [0.29, 0.717) is 26.1 Å². The Bertz CT molecular complexity index is 361. The van der Waals surface area contributed by atoms with Crippen LogP contribution in [0.25, 0.3) is 0 Å². The molecule has 0 aliphatic rings. The third kappa shape index (κ3) is 5.02. The van der Waals surface area contributed by atoms with Gasteiger partial charge in [-0.05, 0) is 26.3 Å². The fraction of sp³-hybridized carbons (Fsp3) is 0.583. The van der Waals surface area contributed by atoms with Crippen LogP contribution in [0.5, 0.6) is 0 Å². The molecule has 0 spiro atoms. The summed E-state index contributed by atoms with van der Waals surface area (Å²) < 4.78 is 15.8. The molecule has 102 valence electrons. The Morgan fingerprint density at radius 2 is 2.00 bits per heavy atom. The molecule has 0 radical (unpaired) electrons. The number of hydrogen-bond acceptors (Lipinski definition) is 5. The van der Waals surface area contributed by atoms with Crippen LogP contribution < -0.4 is 5.30 Å². The zero-order valence-corrected chi connectivity index (χ0v) is 12.7. The maximum Gasteiger partial charge on any atom is 0.305 e. The standard InChI is InChI=1S/C12H19O4PS/c1-4-15-17(16-5-2)10-8-11(18-9-10)6-7-12(13)14-3/h8-9H,4-7H2,1-3H3. The molecule has 0 saturated carbocycles. The van der Waals surface area contributed by atoms with Crippen LogP contribution >= 0.6 is 19.7 Å². The number of hydrogen-bond donors (Lipinski definition) is 0. The van der Waals surface area contributed by atoms with Crippen molar-refractivity contribution >= 4 is 31.0 Å². The minimum atomic E-state index is -0.971. The Kier molecular flexibility index (Phi) is 7.44. The lowest BCUT2D eigenvalue weighted by Gasteiger charge is -2.13. The van der Waals surface area contributed by atoms with Crippen LogP contribution in [-0.4, -0.2) is 26.3 Å². The fourth-order valence-electron chi connectivity index (χ4n) is 1.34. The third-order valence-corrected chi connectivity index (χ3v) is 4.98. The van der Waals surface area contributed by atoms with E-state index in [9.17, 15) is 4.79 Å². The maximum atomic E-state index is 11.1. The number of rotatable bonds is 8. The van der Waals surface area contributed by atoms with Gasteiger partial charge in [0.2, 0.25) is 8.38 Å². The third-order valence-electron chi connectivity index (χ3n) is 2.15. The summed E-state index contributed by atoms with van der Waals surface area (Å²) in [4.78, 5) is 12.2. The largest absolute Gasteiger partial charge is 0.469 e. The van der Waals surface area contributed by atoms with Gasteiger partial charge in [-0.2, -0.15) is 0 Å². The van der Waals surface area contributed by atoms with E-state index in [1.807, 2.05) is 19.2 Å². The Balaban J connectivity index is 2.57. The van der Waals surface area contributed by atoms with Crippen molar-refractivity contribution in [2.45, 2.75) is 26.7 Å². The molecule has 0 fully saturated rings. The van der Waals surface area contributed by atoms with E-state index >= 15 is 0 Å². The summed E-state index contributed by atoms with van der Waals surface area (Å²) in [6, 6.07) is 2.06.